The topological polar surface area (TPSA) is 72.7 Å². The van der Waals surface area contributed by atoms with Gasteiger partial charge in [0.25, 0.3) is 5.91 Å². The summed E-state index contributed by atoms with van der Waals surface area (Å²) in [6.07, 6.45) is 5.19. The van der Waals surface area contributed by atoms with Crippen molar-refractivity contribution in [2.24, 2.45) is 0 Å². The highest BCUT2D eigenvalue weighted by Crippen LogP contribution is 2.40. The number of benzene rings is 1. The summed E-state index contributed by atoms with van der Waals surface area (Å²) in [6.45, 7) is 1.55. The van der Waals surface area contributed by atoms with Gasteiger partial charge in [-0.3, -0.25) is 9.78 Å². The van der Waals surface area contributed by atoms with Gasteiger partial charge in [-0.05, 0) is 31.4 Å². The van der Waals surface area contributed by atoms with Gasteiger partial charge >= 0.3 is 0 Å². The molecule has 0 radical (unpaired) electrons. The molecule has 2 aliphatic rings. The molecule has 3 heterocycles. The Morgan fingerprint density at radius 3 is 3.00 bits per heavy atom. The van der Waals surface area contributed by atoms with Crippen molar-refractivity contribution < 1.29 is 4.79 Å². The molecule has 0 bridgehead atoms. The summed E-state index contributed by atoms with van der Waals surface area (Å²) >= 11 is 0. The summed E-state index contributed by atoms with van der Waals surface area (Å²) in [5, 5.41) is 12.5. The predicted octanol–water partition coefficient (Wildman–Crippen LogP) is 2.62. The first-order valence-corrected chi connectivity index (χ1v) is 9.38. The highest BCUT2D eigenvalue weighted by molar-refractivity contribution is 6.06. The van der Waals surface area contributed by atoms with E-state index in [-0.39, 0.29) is 5.91 Å². The van der Waals surface area contributed by atoms with E-state index in [2.05, 4.69) is 20.1 Å². The average Bonchev–Trinajstić information content (AvgIpc) is 3.29. The largest absolute Gasteiger partial charge is 0.352 e. The number of carbonyl (C=O) groups is 1. The fourth-order valence-electron chi connectivity index (χ4n) is 3.75. The van der Waals surface area contributed by atoms with E-state index in [1.807, 2.05) is 30.3 Å². The van der Waals surface area contributed by atoms with Crippen LogP contribution in [0.4, 0.5) is 0 Å². The Balaban J connectivity index is 1.34. The number of para-hydroxylation sites is 1. The van der Waals surface area contributed by atoms with E-state index in [1.165, 1.54) is 12.8 Å². The van der Waals surface area contributed by atoms with Crippen LogP contribution in [0, 0.1) is 0 Å². The van der Waals surface area contributed by atoms with Crippen LogP contribution >= 0.6 is 0 Å². The molecule has 6 heteroatoms. The van der Waals surface area contributed by atoms with Gasteiger partial charge in [-0.1, -0.05) is 18.2 Å². The van der Waals surface area contributed by atoms with Gasteiger partial charge in [0.2, 0.25) is 0 Å². The van der Waals surface area contributed by atoms with Crippen molar-refractivity contribution in [2.45, 2.75) is 44.6 Å². The van der Waals surface area contributed by atoms with E-state index in [9.17, 15) is 4.79 Å². The van der Waals surface area contributed by atoms with Gasteiger partial charge in [-0.25, -0.2) is 0 Å². The minimum atomic E-state index is -0.0355. The van der Waals surface area contributed by atoms with Gasteiger partial charge in [0.15, 0.2) is 0 Å². The van der Waals surface area contributed by atoms with Crippen molar-refractivity contribution in [3.63, 3.8) is 0 Å². The number of hydrogen-bond donors (Lipinski definition) is 1. The van der Waals surface area contributed by atoms with Crippen molar-refractivity contribution in [1.29, 1.82) is 0 Å². The highest BCUT2D eigenvalue weighted by atomic mass is 16.1. The Morgan fingerprint density at radius 2 is 2.12 bits per heavy atom. The van der Waals surface area contributed by atoms with E-state index < -0.39 is 0 Å². The number of fused-ring (bicyclic) bond motifs is 2. The first-order chi connectivity index (χ1) is 12.8. The third kappa shape index (κ3) is 2.75. The van der Waals surface area contributed by atoms with Crippen LogP contribution in [0.15, 0.2) is 30.3 Å². The first kappa shape index (κ1) is 15.5. The number of nitrogens with one attached hydrogen (secondary N) is 1. The molecule has 0 spiro atoms. The Hall–Kier alpha value is -2.76. The fourth-order valence-corrected chi connectivity index (χ4v) is 3.75. The number of hydrogen-bond acceptors (Lipinski definition) is 4. The molecule has 0 saturated heterocycles. The normalized spacial score (nSPS) is 16.0. The zero-order valence-electron chi connectivity index (χ0n) is 14.6. The summed E-state index contributed by atoms with van der Waals surface area (Å²) in [7, 11) is 0. The molecule has 1 aromatic carbocycles. The lowest BCUT2D eigenvalue weighted by molar-refractivity contribution is 0.0955. The second-order valence-electron chi connectivity index (χ2n) is 7.18. The first-order valence-electron chi connectivity index (χ1n) is 9.38. The van der Waals surface area contributed by atoms with Gasteiger partial charge in [-0.15, -0.1) is 10.2 Å². The van der Waals surface area contributed by atoms with Crippen molar-refractivity contribution in [3.05, 3.63) is 53.2 Å². The Bertz CT molecular complexity index is 989. The number of pyridine rings is 1. The van der Waals surface area contributed by atoms with Crippen LogP contribution in [0.1, 0.15) is 52.9 Å². The average molecular weight is 347 g/mol. The second-order valence-corrected chi connectivity index (χ2v) is 7.18. The van der Waals surface area contributed by atoms with E-state index in [1.54, 1.807) is 0 Å². The number of nitrogens with zero attached hydrogens (tertiary/aromatic N) is 4. The lowest BCUT2D eigenvalue weighted by Gasteiger charge is -2.10. The van der Waals surface area contributed by atoms with Crippen LogP contribution in [-0.2, 0) is 19.4 Å². The van der Waals surface area contributed by atoms with Crippen molar-refractivity contribution in [1.82, 2.24) is 25.1 Å². The molecule has 1 aliphatic carbocycles. The third-order valence-corrected chi connectivity index (χ3v) is 5.30. The molecule has 0 atom stereocenters. The van der Waals surface area contributed by atoms with E-state index in [0.717, 1.165) is 53.2 Å². The quantitative estimate of drug-likeness (QED) is 0.770. The number of carbonyl (C=O) groups excluding carboxylic acids is 1. The van der Waals surface area contributed by atoms with Crippen LogP contribution in [0.2, 0.25) is 0 Å². The molecule has 1 N–H and O–H groups in total. The molecule has 1 saturated carbocycles. The zero-order valence-corrected chi connectivity index (χ0v) is 14.6. The number of rotatable bonds is 5. The van der Waals surface area contributed by atoms with E-state index in [4.69, 9.17) is 4.98 Å². The molecule has 0 unspecified atom stereocenters. The number of amides is 1. The van der Waals surface area contributed by atoms with Crippen LogP contribution in [0.3, 0.4) is 0 Å². The van der Waals surface area contributed by atoms with E-state index in [0.29, 0.717) is 18.9 Å². The fraction of sp³-hybridized carbons (Fsp3) is 0.400. The Morgan fingerprint density at radius 1 is 1.23 bits per heavy atom. The summed E-state index contributed by atoms with van der Waals surface area (Å²) in [4.78, 5) is 17.6. The van der Waals surface area contributed by atoms with Crippen molar-refractivity contribution in [3.8, 4) is 0 Å². The minimum Gasteiger partial charge on any atom is -0.352 e. The lowest BCUT2D eigenvalue weighted by atomic mass is 10.1. The smallest absolute Gasteiger partial charge is 0.252 e. The van der Waals surface area contributed by atoms with Crippen molar-refractivity contribution in [2.75, 3.05) is 6.54 Å². The number of aromatic nitrogens is 4. The Labute approximate surface area is 151 Å². The SMILES string of the molecule is O=C(NCCc1nnc2n1CCC2)c1cc(C2CC2)nc2ccccc12. The molecule has 3 aromatic rings. The molecule has 1 fully saturated rings. The molecular formula is C20H21N5O. The zero-order chi connectivity index (χ0) is 17.5. The van der Waals surface area contributed by atoms with Gasteiger partial charge < -0.3 is 9.88 Å². The third-order valence-electron chi connectivity index (χ3n) is 5.30. The molecule has 5 rings (SSSR count). The van der Waals surface area contributed by atoms with Crippen LogP contribution < -0.4 is 5.32 Å². The monoisotopic (exact) mass is 347 g/mol. The Kier molecular flexibility index (Phi) is 3.69. The summed E-state index contributed by atoms with van der Waals surface area (Å²) < 4.78 is 2.18. The van der Waals surface area contributed by atoms with Gasteiger partial charge in [0.1, 0.15) is 11.6 Å². The maximum absolute atomic E-state index is 12.8. The maximum Gasteiger partial charge on any atom is 0.252 e. The van der Waals surface area contributed by atoms with Crippen LogP contribution in [-0.4, -0.2) is 32.2 Å². The predicted molar refractivity (Wildman–Crippen MR) is 98.1 cm³/mol. The molecule has 1 aliphatic heterocycles. The number of aryl methyl sites for hydroxylation is 1. The molecule has 1 amide bonds. The maximum atomic E-state index is 12.8. The molecule has 2 aromatic heterocycles. The van der Waals surface area contributed by atoms with Crippen LogP contribution in [0.25, 0.3) is 10.9 Å². The van der Waals surface area contributed by atoms with E-state index >= 15 is 0 Å². The summed E-state index contributed by atoms with van der Waals surface area (Å²) in [5.41, 5.74) is 2.67. The lowest BCUT2D eigenvalue weighted by Crippen LogP contribution is -2.27. The second kappa shape index (κ2) is 6.20. The van der Waals surface area contributed by atoms with Gasteiger partial charge in [-0.2, -0.15) is 0 Å². The highest BCUT2D eigenvalue weighted by Gasteiger charge is 2.27. The summed E-state index contributed by atoms with van der Waals surface area (Å²) in [6, 6.07) is 9.86. The van der Waals surface area contributed by atoms with Gasteiger partial charge in [0.05, 0.1) is 11.1 Å². The molecule has 26 heavy (non-hydrogen) atoms. The van der Waals surface area contributed by atoms with Crippen LogP contribution in [0.5, 0.6) is 0 Å². The standard InChI is InChI=1S/C20H21N5O/c26-20(21-10-9-19-24-23-18-6-3-11-25(18)19)15-12-17(13-7-8-13)22-16-5-2-1-4-14(15)16/h1-2,4-5,12-13H,3,6-11H2,(H,21,26). The molecule has 132 valence electrons. The summed E-state index contributed by atoms with van der Waals surface area (Å²) in [5.74, 6) is 2.52. The van der Waals surface area contributed by atoms with Crippen molar-refractivity contribution >= 4 is 16.8 Å². The van der Waals surface area contributed by atoms with Gasteiger partial charge in [0, 0.05) is 42.9 Å². The minimum absolute atomic E-state index is 0.0355. The molecular weight excluding hydrogens is 326 g/mol. The molecule has 6 nitrogen and oxygen atoms in total.